The second kappa shape index (κ2) is 6.09. The van der Waals surface area contributed by atoms with Gasteiger partial charge in [-0.3, -0.25) is 0 Å². The Morgan fingerprint density at radius 2 is 2.00 bits per heavy atom. The molecule has 0 radical (unpaired) electrons. The van der Waals surface area contributed by atoms with Gasteiger partial charge in [0.2, 0.25) is 0 Å². The van der Waals surface area contributed by atoms with Crippen LogP contribution in [-0.4, -0.2) is 10.6 Å². The van der Waals surface area contributed by atoms with E-state index in [4.69, 9.17) is 0 Å². The highest BCUT2D eigenvalue weighted by Crippen LogP contribution is 2.17. The summed E-state index contributed by atoms with van der Waals surface area (Å²) in [6.45, 7) is 4.31. The highest BCUT2D eigenvalue weighted by Gasteiger charge is 2.11. The molecular formula is C14H24N2. The summed E-state index contributed by atoms with van der Waals surface area (Å²) in [4.78, 5) is 0. The molecule has 1 aromatic rings. The Morgan fingerprint density at radius 3 is 2.69 bits per heavy atom. The largest absolute Gasteiger partial charge is 0.351 e. The number of hydrogen-bond donors (Lipinski definition) is 1. The second-order valence-corrected chi connectivity index (χ2v) is 4.85. The highest BCUT2D eigenvalue weighted by molar-refractivity contribution is 5.06. The van der Waals surface area contributed by atoms with Gasteiger partial charge < -0.3 is 9.88 Å². The quantitative estimate of drug-likeness (QED) is 0.770. The van der Waals surface area contributed by atoms with Crippen LogP contribution in [0.1, 0.15) is 51.1 Å². The second-order valence-electron chi connectivity index (χ2n) is 4.85. The van der Waals surface area contributed by atoms with Crippen LogP contribution in [0.2, 0.25) is 0 Å². The summed E-state index contributed by atoms with van der Waals surface area (Å²) in [5.74, 6) is 0. The Bertz CT molecular complexity index is 295. The van der Waals surface area contributed by atoms with E-state index in [-0.39, 0.29) is 0 Å². The molecule has 0 unspecified atom stereocenters. The first kappa shape index (κ1) is 11.7. The molecule has 0 bridgehead atoms. The van der Waals surface area contributed by atoms with Crippen molar-refractivity contribution in [2.24, 2.45) is 0 Å². The minimum atomic E-state index is 0.753. The molecule has 0 spiro atoms. The summed E-state index contributed by atoms with van der Waals surface area (Å²) >= 11 is 0. The Hall–Kier alpha value is -0.760. The normalized spacial score (nSPS) is 18.6. The molecule has 1 aliphatic rings. The topological polar surface area (TPSA) is 17.0 Å². The minimum Gasteiger partial charge on any atom is -0.351 e. The molecule has 1 aliphatic carbocycles. The van der Waals surface area contributed by atoms with E-state index < -0.39 is 0 Å². The fourth-order valence-electron chi connectivity index (χ4n) is 2.65. The van der Waals surface area contributed by atoms with Gasteiger partial charge >= 0.3 is 0 Å². The van der Waals surface area contributed by atoms with Crippen molar-refractivity contribution in [1.82, 2.24) is 9.88 Å². The Balaban J connectivity index is 1.81. The molecule has 0 aromatic carbocycles. The van der Waals surface area contributed by atoms with Crippen molar-refractivity contribution in [1.29, 1.82) is 0 Å². The lowest BCUT2D eigenvalue weighted by atomic mass is 10.1. The van der Waals surface area contributed by atoms with E-state index in [0.29, 0.717) is 0 Å². The summed E-state index contributed by atoms with van der Waals surface area (Å²) in [5, 5.41) is 3.72. The SMILES string of the molecule is CCn1cccc1CNC1CCCCCC1. The minimum absolute atomic E-state index is 0.753. The van der Waals surface area contributed by atoms with E-state index in [1.54, 1.807) is 0 Å². The van der Waals surface area contributed by atoms with Gasteiger partial charge in [0, 0.05) is 31.0 Å². The number of hydrogen-bond acceptors (Lipinski definition) is 1. The summed E-state index contributed by atoms with van der Waals surface area (Å²) in [6.07, 6.45) is 10.6. The van der Waals surface area contributed by atoms with Gasteiger partial charge in [-0.1, -0.05) is 25.7 Å². The maximum atomic E-state index is 3.72. The molecule has 1 N–H and O–H groups in total. The van der Waals surface area contributed by atoms with E-state index in [1.165, 1.54) is 44.2 Å². The zero-order valence-electron chi connectivity index (χ0n) is 10.4. The third kappa shape index (κ3) is 3.11. The van der Waals surface area contributed by atoms with Gasteiger partial charge in [-0.05, 0) is 31.9 Å². The summed E-state index contributed by atoms with van der Waals surface area (Å²) < 4.78 is 2.32. The van der Waals surface area contributed by atoms with Gasteiger partial charge in [0.15, 0.2) is 0 Å². The van der Waals surface area contributed by atoms with Crippen molar-refractivity contribution in [3.8, 4) is 0 Å². The number of rotatable bonds is 4. The van der Waals surface area contributed by atoms with Crippen LogP contribution in [0.3, 0.4) is 0 Å². The Morgan fingerprint density at radius 1 is 1.25 bits per heavy atom. The zero-order chi connectivity index (χ0) is 11.2. The van der Waals surface area contributed by atoms with E-state index >= 15 is 0 Å². The van der Waals surface area contributed by atoms with Gasteiger partial charge in [0.25, 0.3) is 0 Å². The molecule has 1 fully saturated rings. The summed E-state index contributed by atoms with van der Waals surface area (Å²) in [7, 11) is 0. The number of aryl methyl sites for hydroxylation is 1. The molecular weight excluding hydrogens is 196 g/mol. The van der Waals surface area contributed by atoms with Gasteiger partial charge in [0.05, 0.1) is 0 Å². The van der Waals surface area contributed by atoms with Crippen molar-refractivity contribution < 1.29 is 0 Å². The molecule has 2 heteroatoms. The molecule has 0 saturated heterocycles. The number of nitrogens with zero attached hydrogens (tertiary/aromatic N) is 1. The standard InChI is InChI=1S/C14H24N2/c1-2-16-11-7-10-14(16)12-15-13-8-5-3-4-6-9-13/h7,10-11,13,15H,2-6,8-9,12H2,1H3. The summed E-state index contributed by atoms with van der Waals surface area (Å²) in [6, 6.07) is 5.13. The lowest BCUT2D eigenvalue weighted by molar-refractivity contribution is 0.450. The smallest absolute Gasteiger partial charge is 0.0361 e. The predicted molar refractivity (Wildman–Crippen MR) is 68.4 cm³/mol. The summed E-state index contributed by atoms with van der Waals surface area (Å²) in [5.41, 5.74) is 1.42. The van der Waals surface area contributed by atoms with Crippen LogP contribution in [0.4, 0.5) is 0 Å². The maximum absolute atomic E-state index is 3.72. The zero-order valence-corrected chi connectivity index (χ0v) is 10.4. The molecule has 1 saturated carbocycles. The molecule has 16 heavy (non-hydrogen) atoms. The van der Waals surface area contributed by atoms with Gasteiger partial charge in [-0.2, -0.15) is 0 Å². The third-order valence-corrected chi connectivity index (χ3v) is 3.69. The lowest BCUT2D eigenvalue weighted by Crippen LogP contribution is -2.28. The fourth-order valence-corrected chi connectivity index (χ4v) is 2.65. The van der Waals surface area contributed by atoms with E-state index in [2.05, 4.69) is 35.1 Å². The van der Waals surface area contributed by atoms with E-state index in [1.807, 2.05) is 0 Å². The number of nitrogens with one attached hydrogen (secondary N) is 1. The predicted octanol–water partition coefficient (Wildman–Crippen LogP) is 3.32. The highest BCUT2D eigenvalue weighted by atomic mass is 15.0. The van der Waals surface area contributed by atoms with Crippen LogP contribution in [-0.2, 0) is 13.1 Å². The molecule has 1 aromatic heterocycles. The van der Waals surface area contributed by atoms with Gasteiger partial charge in [0.1, 0.15) is 0 Å². The van der Waals surface area contributed by atoms with Crippen molar-refractivity contribution in [3.05, 3.63) is 24.0 Å². The van der Waals surface area contributed by atoms with Crippen LogP contribution >= 0.6 is 0 Å². The van der Waals surface area contributed by atoms with Crippen LogP contribution in [0.5, 0.6) is 0 Å². The van der Waals surface area contributed by atoms with Crippen LogP contribution in [0.15, 0.2) is 18.3 Å². The molecule has 0 aliphatic heterocycles. The van der Waals surface area contributed by atoms with Gasteiger partial charge in [-0.25, -0.2) is 0 Å². The van der Waals surface area contributed by atoms with Crippen molar-refractivity contribution in [2.45, 2.75) is 64.6 Å². The van der Waals surface area contributed by atoms with E-state index in [0.717, 1.165) is 19.1 Å². The Kier molecular flexibility index (Phi) is 4.46. The average molecular weight is 220 g/mol. The van der Waals surface area contributed by atoms with Crippen molar-refractivity contribution in [2.75, 3.05) is 0 Å². The fraction of sp³-hybridized carbons (Fsp3) is 0.714. The molecule has 0 atom stereocenters. The first-order chi connectivity index (χ1) is 7.90. The third-order valence-electron chi connectivity index (χ3n) is 3.69. The molecule has 0 amide bonds. The van der Waals surface area contributed by atoms with Crippen LogP contribution < -0.4 is 5.32 Å². The molecule has 90 valence electrons. The van der Waals surface area contributed by atoms with E-state index in [9.17, 15) is 0 Å². The molecule has 2 rings (SSSR count). The number of aromatic nitrogens is 1. The average Bonchev–Trinajstić information content (AvgIpc) is 2.60. The monoisotopic (exact) mass is 220 g/mol. The van der Waals surface area contributed by atoms with Crippen molar-refractivity contribution >= 4 is 0 Å². The van der Waals surface area contributed by atoms with Crippen LogP contribution in [0, 0.1) is 0 Å². The maximum Gasteiger partial charge on any atom is 0.0361 e. The lowest BCUT2D eigenvalue weighted by Gasteiger charge is -2.16. The Labute approximate surface area is 99.0 Å². The van der Waals surface area contributed by atoms with Crippen molar-refractivity contribution in [3.63, 3.8) is 0 Å². The molecule has 2 nitrogen and oxygen atoms in total. The van der Waals surface area contributed by atoms with Crippen LogP contribution in [0.25, 0.3) is 0 Å². The first-order valence-corrected chi connectivity index (χ1v) is 6.77. The first-order valence-electron chi connectivity index (χ1n) is 6.77. The molecule has 1 heterocycles. The van der Waals surface area contributed by atoms with Gasteiger partial charge in [-0.15, -0.1) is 0 Å².